The smallest absolute Gasteiger partial charge is 0.238 e. The molecule has 0 aliphatic carbocycles. The molecule has 0 radical (unpaired) electrons. The molecule has 3 rings (SSSR count). The second-order valence-electron chi connectivity index (χ2n) is 6.04. The minimum absolute atomic E-state index is 0.0775. The largest absolute Gasteiger partial charge is 0.497 e. The van der Waals surface area contributed by atoms with Crippen LogP contribution in [0.1, 0.15) is 5.56 Å². The molecule has 1 N–H and O–H groups in total. The van der Waals surface area contributed by atoms with Crippen molar-refractivity contribution in [3.63, 3.8) is 0 Å². The van der Waals surface area contributed by atoms with E-state index < -0.39 is 0 Å². The van der Waals surface area contributed by atoms with E-state index in [0.29, 0.717) is 19.8 Å². The van der Waals surface area contributed by atoms with Gasteiger partial charge in [-0.05, 0) is 49.0 Å². The average molecular weight is 421 g/mol. The van der Waals surface area contributed by atoms with Crippen molar-refractivity contribution in [2.24, 2.45) is 0 Å². The highest BCUT2D eigenvalue weighted by atomic mass is 79.9. The number of nitrogens with one attached hydrogen (secondary N) is 1. The number of ether oxygens (including phenoxy) is 3. The van der Waals surface area contributed by atoms with Gasteiger partial charge >= 0.3 is 0 Å². The first-order valence-corrected chi connectivity index (χ1v) is 9.05. The van der Waals surface area contributed by atoms with Crippen molar-refractivity contribution < 1.29 is 19.0 Å². The van der Waals surface area contributed by atoms with E-state index >= 15 is 0 Å². The Morgan fingerprint density at radius 2 is 1.85 bits per heavy atom. The minimum Gasteiger partial charge on any atom is -0.497 e. The van der Waals surface area contributed by atoms with Gasteiger partial charge < -0.3 is 19.5 Å². The fourth-order valence-electron chi connectivity index (χ4n) is 2.69. The standard InChI is InChI=1S/C19H21BrN2O4/c1-22(12-19(23)21-14-3-5-15(24-2)6-4-14)11-13-9-17-18(10-16(13)20)26-8-7-25-17/h3-6,9-10H,7-8,11-12H2,1-2H3,(H,21,23). The van der Waals surface area contributed by atoms with Gasteiger partial charge in [-0.1, -0.05) is 15.9 Å². The average Bonchev–Trinajstić information content (AvgIpc) is 2.62. The second-order valence-corrected chi connectivity index (χ2v) is 6.89. The number of benzene rings is 2. The van der Waals surface area contributed by atoms with E-state index in [1.807, 2.05) is 48.3 Å². The van der Waals surface area contributed by atoms with Crippen molar-refractivity contribution in [1.29, 1.82) is 0 Å². The summed E-state index contributed by atoms with van der Waals surface area (Å²) in [6.07, 6.45) is 0. The van der Waals surface area contributed by atoms with Crippen molar-refractivity contribution in [3.05, 3.63) is 46.4 Å². The number of carbonyl (C=O) groups excluding carboxylic acids is 1. The molecular formula is C19H21BrN2O4. The van der Waals surface area contributed by atoms with Gasteiger partial charge in [-0.3, -0.25) is 9.69 Å². The highest BCUT2D eigenvalue weighted by Crippen LogP contribution is 2.35. The van der Waals surface area contributed by atoms with Crippen LogP contribution in [-0.4, -0.2) is 44.7 Å². The van der Waals surface area contributed by atoms with E-state index in [2.05, 4.69) is 21.2 Å². The predicted molar refractivity (Wildman–Crippen MR) is 103 cm³/mol. The number of anilines is 1. The van der Waals surface area contributed by atoms with Gasteiger partial charge in [0.1, 0.15) is 19.0 Å². The first-order chi connectivity index (χ1) is 12.5. The van der Waals surface area contributed by atoms with Gasteiger partial charge in [0, 0.05) is 16.7 Å². The first kappa shape index (κ1) is 18.5. The lowest BCUT2D eigenvalue weighted by Crippen LogP contribution is -2.30. The zero-order valence-electron chi connectivity index (χ0n) is 14.8. The molecule has 2 aromatic rings. The number of hydrogen-bond donors (Lipinski definition) is 1. The van der Waals surface area contributed by atoms with E-state index in [9.17, 15) is 4.79 Å². The minimum atomic E-state index is -0.0775. The number of hydrogen-bond acceptors (Lipinski definition) is 5. The van der Waals surface area contributed by atoms with Crippen LogP contribution in [0.5, 0.6) is 17.2 Å². The molecule has 0 aromatic heterocycles. The summed E-state index contributed by atoms with van der Waals surface area (Å²) >= 11 is 3.56. The Kier molecular flexibility index (Phi) is 6.00. The number of fused-ring (bicyclic) bond motifs is 1. The summed E-state index contributed by atoms with van der Waals surface area (Å²) in [5, 5.41) is 2.88. The van der Waals surface area contributed by atoms with Crippen molar-refractivity contribution in [2.75, 3.05) is 39.2 Å². The predicted octanol–water partition coefficient (Wildman–Crippen LogP) is 3.30. The summed E-state index contributed by atoms with van der Waals surface area (Å²) in [5.74, 6) is 2.16. The monoisotopic (exact) mass is 420 g/mol. The zero-order chi connectivity index (χ0) is 18.5. The summed E-state index contributed by atoms with van der Waals surface area (Å²) in [6, 6.07) is 11.1. The number of likely N-dealkylation sites (N-methyl/N-ethyl adjacent to an activating group) is 1. The van der Waals surface area contributed by atoms with Gasteiger partial charge in [0.05, 0.1) is 13.7 Å². The van der Waals surface area contributed by atoms with Crippen molar-refractivity contribution in [3.8, 4) is 17.2 Å². The first-order valence-electron chi connectivity index (χ1n) is 8.25. The number of nitrogens with zero attached hydrogens (tertiary/aromatic N) is 1. The maximum Gasteiger partial charge on any atom is 0.238 e. The summed E-state index contributed by atoms with van der Waals surface area (Å²) in [7, 11) is 3.51. The molecule has 1 amide bonds. The third-order valence-corrected chi connectivity index (χ3v) is 4.68. The maximum absolute atomic E-state index is 12.2. The number of carbonyl (C=O) groups is 1. The Hall–Kier alpha value is -2.25. The quantitative estimate of drug-likeness (QED) is 0.776. The van der Waals surface area contributed by atoms with Gasteiger partial charge in [-0.2, -0.15) is 0 Å². The molecule has 0 spiro atoms. The summed E-state index contributed by atoms with van der Waals surface area (Å²) in [5.41, 5.74) is 1.78. The molecule has 26 heavy (non-hydrogen) atoms. The van der Waals surface area contributed by atoms with Crippen LogP contribution in [0.15, 0.2) is 40.9 Å². The Balaban J connectivity index is 1.57. The van der Waals surface area contributed by atoms with E-state index in [4.69, 9.17) is 14.2 Å². The molecule has 0 saturated heterocycles. The van der Waals surface area contributed by atoms with Crippen LogP contribution in [0.3, 0.4) is 0 Å². The molecule has 1 aliphatic rings. The highest BCUT2D eigenvalue weighted by Gasteiger charge is 2.16. The van der Waals surface area contributed by atoms with Crippen LogP contribution in [0.4, 0.5) is 5.69 Å². The molecule has 1 aliphatic heterocycles. The van der Waals surface area contributed by atoms with Crippen molar-refractivity contribution >= 4 is 27.5 Å². The molecule has 0 saturated carbocycles. The van der Waals surface area contributed by atoms with Crippen LogP contribution in [0, 0.1) is 0 Å². The normalized spacial score (nSPS) is 12.8. The lowest BCUT2D eigenvalue weighted by molar-refractivity contribution is -0.117. The fraction of sp³-hybridized carbons (Fsp3) is 0.316. The number of rotatable bonds is 6. The maximum atomic E-state index is 12.2. The van der Waals surface area contributed by atoms with Crippen LogP contribution in [-0.2, 0) is 11.3 Å². The molecule has 0 atom stereocenters. The van der Waals surface area contributed by atoms with Gasteiger partial charge in [-0.25, -0.2) is 0 Å². The van der Waals surface area contributed by atoms with E-state index in [0.717, 1.165) is 33.0 Å². The Labute approximate surface area is 161 Å². The topological polar surface area (TPSA) is 60.0 Å². The number of halogens is 1. The van der Waals surface area contributed by atoms with E-state index in [-0.39, 0.29) is 12.5 Å². The Morgan fingerprint density at radius 3 is 2.50 bits per heavy atom. The van der Waals surface area contributed by atoms with Crippen LogP contribution >= 0.6 is 15.9 Å². The SMILES string of the molecule is COc1ccc(NC(=O)CN(C)Cc2cc3c(cc2Br)OCCO3)cc1. The molecule has 7 heteroatoms. The molecule has 0 fully saturated rings. The van der Waals surface area contributed by atoms with Crippen molar-refractivity contribution in [1.82, 2.24) is 4.90 Å². The molecular weight excluding hydrogens is 400 g/mol. The number of amides is 1. The summed E-state index contributed by atoms with van der Waals surface area (Å²) < 4.78 is 17.2. The molecule has 1 heterocycles. The van der Waals surface area contributed by atoms with Crippen LogP contribution in [0.25, 0.3) is 0 Å². The molecule has 0 bridgehead atoms. The van der Waals surface area contributed by atoms with Crippen LogP contribution < -0.4 is 19.5 Å². The third-order valence-electron chi connectivity index (χ3n) is 3.94. The van der Waals surface area contributed by atoms with Gasteiger partial charge in [0.2, 0.25) is 5.91 Å². The van der Waals surface area contributed by atoms with E-state index in [1.165, 1.54) is 0 Å². The van der Waals surface area contributed by atoms with Gasteiger partial charge in [0.25, 0.3) is 0 Å². The van der Waals surface area contributed by atoms with Gasteiger partial charge in [0.15, 0.2) is 11.5 Å². The zero-order valence-corrected chi connectivity index (χ0v) is 16.3. The highest BCUT2D eigenvalue weighted by molar-refractivity contribution is 9.10. The lowest BCUT2D eigenvalue weighted by atomic mass is 10.2. The number of methoxy groups -OCH3 is 1. The van der Waals surface area contributed by atoms with Gasteiger partial charge in [-0.15, -0.1) is 0 Å². The summed E-state index contributed by atoms with van der Waals surface area (Å²) in [4.78, 5) is 14.2. The van der Waals surface area contributed by atoms with Crippen LogP contribution in [0.2, 0.25) is 0 Å². The second kappa shape index (κ2) is 8.42. The fourth-order valence-corrected chi connectivity index (χ4v) is 3.14. The lowest BCUT2D eigenvalue weighted by Gasteiger charge is -2.22. The Morgan fingerprint density at radius 1 is 1.19 bits per heavy atom. The molecule has 0 unspecified atom stereocenters. The van der Waals surface area contributed by atoms with Crippen molar-refractivity contribution in [2.45, 2.75) is 6.54 Å². The molecule has 6 nitrogen and oxygen atoms in total. The Bertz CT molecular complexity index is 780. The third kappa shape index (κ3) is 4.68. The molecule has 138 valence electrons. The molecule has 2 aromatic carbocycles. The van der Waals surface area contributed by atoms with E-state index in [1.54, 1.807) is 7.11 Å². The summed E-state index contributed by atoms with van der Waals surface area (Å²) in [6.45, 7) is 1.98.